The van der Waals surface area contributed by atoms with E-state index in [4.69, 9.17) is 10.2 Å². The van der Waals surface area contributed by atoms with Crippen LogP contribution >= 0.6 is 0 Å². The van der Waals surface area contributed by atoms with Crippen LogP contribution in [0.4, 0.5) is 5.69 Å². The molecule has 0 bridgehead atoms. The number of hydrogen-bond acceptors (Lipinski definition) is 3. The number of hydrogen-bond donors (Lipinski definition) is 1. The summed E-state index contributed by atoms with van der Waals surface area (Å²) in [6.45, 7) is 3.31. The first-order chi connectivity index (χ1) is 9.20. The number of nitrogens with zero attached hydrogens (tertiary/aromatic N) is 1. The van der Waals surface area contributed by atoms with Gasteiger partial charge >= 0.3 is 0 Å². The first-order valence-corrected chi connectivity index (χ1v) is 6.38. The van der Waals surface area contributed by atoms with Gasteiger partial charge in [-0.15, -0.1) is 0 Å². The van der Waals surface area contributed by atoms with Crippen molar-refractivity contribution in [3.8, 4) is 0 Å². The van der Waals surface area contributed by atoms with Crippen molar-refractivity contribution in [3.63, 3.8) is 0 Å². The molecule has 1 aromatic carbocycles. The van der Waals surface area contributed by atoms with Crippen molar-refractivity contribution in [2.24, 2.45) is 0 Å². The van der Waals surface area contributed by atoms with Gasteiger partial charge in [0.25, 0.3) is 5.91 Å². The van der Waals surface area contributed by atoms with Crippen LogP contribution in [0.1, 0.15) is 29.5 Å². The van der Waals surface area contributed by atoms with E-state index in [1.54, 1.807) is 17.0 Å². The number of amides is 1. The minimum Gasteiger partial charge on any atom is -0.459 e. The lowest BCUT2D eigenvalue weighted by molar-refractivity contribution is 0.0711. The minimum atomic E-state index is -0.0799. The molecule has 4 heteroatoms. The van der Waals surface area contributed by atoms with Crippen LogP contribution in [0, 0.1) is 0 Å². The van der Waals surface area contributed by atoms with E-state index in [-0.39, 0.29) is 5.91 Å². The molecule has 0 spiro atoms. The minimum absolute atomic E-state index is 0.0799. The molecule has 0 saturated carbocycles. The van der Waals surface area contributed by atoms with Gasteiger partial charge in [0.2, 0.25) is 0 Å². The predicted molar refractivity (Wildman–Crippen MR) is 74.6 cm³/mol. The van der Waals surface area contributed by atoms with E-state index in [1.807, 2.05) is 31.2 Å². The fourth-order valence-corrected chi connectivity index (χ4v) is 1.92. The normalized spacial score (nSPS) is 10.4. The molecule has 100 valence electrons. The largest absolute Gasteiger partial charge is 0.459 e. The Hall–Kier alpha value is -2.23. The van der Waals surface area contributed by atoms with Crippen molar-refractivity contribution in [1.82, 2.24) is 4.90 Å². The molecule has 0 radical (unpaired) electrons. The van der Waals surface area contributed by atoms with Gasteiger partial charge in [0.05, 0.1) is 6.26 Å². The molecule has 0 saturated heterocycles. The molecule has 19 heavy (non-hydrogen) atoms. The summed E-state index contributed by atoms with van der Waals surface area (Å²) in [7, 11) is 0. The Balaban J connectivity index is 2.11. The fraction of sp³-hybridized carbons (Fsp3) is 0.267. The van der Waals surface area contributed by atoms with Crippen LogP contribution in [0.2, 0.25) is 0 Å². The maximum atomic E-state index is 12.3. The highest BCUT2D eigenvalue weighted by Crippen LogP contribution is 2.12. The average molecular weight is 258 g/mol. The molecule has 1 amide bonds. The molecular formula is C15H18N2O2. The number of rotatable bonds is 5. The van der Waals surface area contributed by atoms with Gasteiger partial charge in [-0.05, 0) is 36.2 Å². The van der Waals surface area contributed by atoms with E-state index in [0.29, 0.717) is 18.8 Å². The Morgan fingerprint density at radius 1 is 1.26 bits per heavy atom. The summed E-state index contributed by atoms with van der Waals surface area (Å²) in [5.74, 6) is 0.299. The molecule has 0 atom stereocenters. The molecule has 1 aromatic heterocycles. The zero-order chi connectivity index (χ0) is 13.7. The van der Waals surface area contributed by atoms with E-state index >= 15 is 0 Å². The summed E-state index contributed by atoms with van der Waals surface area (Å²) in [6.07, 6.45) is 2.42. The molecule has 1 heterocycles. The highest BCUT2D eigenvalue weighted by molar-refractivity contribution is 5.91. The topological polar surface area (TPSA) is 59.5 Å². The number of furan rings is 1. The zero-order valence-corrected chi connectivity index (χ0v) is 11.0. The van der Waals surface area contributed by atoms with Gasteiger partial charge in [0, 0.05) is 18.8 Å². The Bertz CT molecular complexity index is 518. The lowest BCUT2D eigenvalue weighted by Gasteiger charge is -2.21. The lowest BCUT2D eigenvalue weighted by atomic mass is 10.2. The van der Waals surface area contributed by atoms with Crippen molar-refractivity contribution in [3.05, 3.63) is 54.0 Å². The molecule has 2 rings (SSSR count). The van der Waals surface area contributed by atoms with Gasteiger partial charge in [-0.1, -0.05) is 19.1 Å². The molecule has 2 aromatic rings. The van der Waals surface area contributed by atoms with Gasteiger partial charge in [-0.2, -0.15) is 0 Å². The molecule has 0 fully saturated rings. The Labute approximate surface area is 112 Å². The van der Waals surface area contributed by atoms with Gasteiger partial charge in [0.15, 0.2) is 5.76 Å². The maximum Gasteiger partial charge on any atom is 0.289 e. The quantitative estimate of drug-likeness (QED) is 0.839. The van der Waals surface area contributed by atoms with Gasteiger partial charge in [0.1, 0.15) is 0 Å². The summed E-state index contributed by atoms with van der Waals surface area (Å²) in [6, 6.07) is 11.0. The first kappa shape index (κ1) is 13.2. The second-order valence-corrected chi connectivity index (χ2v) is 4.45. The van der Waals surface area contributed by atoms with E-state index in [0.717, 1.165) is 17.7 Å². The highest BCUT2D eigenvalue weighted by atomic mass is 16.3. The Kier molecular flexibility index (Phi) is 4.23. The second kappa shape index (κ2) is 6.09. The number of carbonyl (C=O) groups is 1. The zero-order valence-electron chi connectivity index (χ0n) is 11.0. The van der Waals surface area contributed by atoms with Crippen LogP contribution in [0.3, 0.4) is 0 Å². The Morgan fingerprint density at radius 3 is 2.58 bits per heavy atom. The van der Waals surface area contributed by atoms with Crippen molar-refractivity contribution in [2.75, 3.05) is 12.3 Å². The van der Waals surface area contributed by atoms with E-state index in [2.05, 4.69) is 0 Å². The summed E-state index contributed by atoms with van der Waals surface area (Å²) in [4.78, 5) is 14.1. The van der Waals surface area contributed by atoms with Gasteiger partial charge in [-0.3, -0.25) is 4.79 Å². The number of nitrogen functional groups attached to an aromatic ring is 1. The lowest BCUT2D eigenvalue weighted by Crippen LogP contribution is -2.31. The molecule has 0 aliphatic carbocycles. The predicted octanol–water partition coefficient (Wildman–Crippen LogP) is 2.91. The molecular weight excluding hydrogens is 240 g/mol. The smallest absolute Gasteiger partial charge is 0.289 e. The molecule has 2 N–H and O–H groups in total. The van der Waals surface area contributed by atoms with E-state index in [9.17, 15) is 4.79 Å². The third kappa shape index (κ3) is 3.37. The molecule has 0 aliphatic heterocycles. The van der Waals surface area contributed by atoms with Crippen molar-refractivity contribution < 1.29 is 9.21 Å². The van der Waals surface area contributed by atoms with Crippen molar-refractivity contribution >= 4 is 11.6 Å². The van der Waals surface area contributed by atoms with Gasteiger partial charge < -0.3 is 15.1 Å². The molecule has 0 aliphatic rings. The number of nitrogens with two attached hydrogens (primary N) is 1. The fourth-order valence-electron chi connectivity index (χ4n) is 1.92. The van der Waals surface area contributed by atoms with E-state index < -0.39 is 0 Å². The van der Waals surface area contributed by atoms with E-state index in [1.165, 1.54) is 6.26 Å². The first-order valence-electron chi connectivity index (χ1n) is 6.38. The van der Waals surface area contributed by atoms with Crippen LogP contribution in [0.5, 0.6) is 0 Å². The summed E-state index contributed by atoms with van der Waals surface area (Å²) >= 11 is 0. The van der Waals surface area contributed by atoms with Crippen LogP contribution in [-0.4, -0.2) is 17.4 Å². The SMILES string of the molecule is CCCN(Cc1ccc(N)cc1)C(=O)c1ccco1. The number of benzene rings is 1. The standard InChI is InChI=1S/C15H18N2O2/c1-2-9-17(15(18)14-4-3-10-19-14)11-12-5-7-13(16)8-6-12/h3-8,10H,2,9,11,16H2,1H3. The average Bonchev–Trinajstić information content (AvgIpc) is 2.94. The molecule has 0 unspecified atom stereocenters. The monoisotopic (exact) mass is 258 g/mol. The van der Waals surface area contributed by atoms with Crippen LogP contribution < -0.4 is 5.73 Å². The highest BCUT2D eigenvalue weighted by Gasteiger charge is 2.17. The van der Waals surface area contributed by atoms with Crippen molar-refractivity contribution in [1.29, 1.82) is 0 Å². The summed E-state index contributed by atoms with van der Waals surface area (Å²) in [5.41, 5.74) is 7.44. The second-order valence-electron chi connectivity index (χ2n) is 4.45. The van der Waals surface area contributed by atoms with Gasteiger partial charge in [-0.25, -0.2) is 0 Å². The van der Waals surface area contributed by atoms with Crippen LogP contribution in [0.25, 0.3) is 0 Å². The summed E-state index contributed by atoms with van der Waals surface area (Å²) < 4.78 is 5.17. The summed E-state index contributed by atoms with van der Waals surface area (Å²) in [5, 5.41) is 0. The van der Waals surface area contributed by atoms with Crippen molar-refractivity contribution in [2.45, 2.75) is 19.9 Å². The third-order valence-corrected chi connectivity index (χ3v) is 2.87. The Morgan fingerprint density at radius 2 is 2.00 bits per heavy atom. The number of carbonyl (C=O) groups excluding carboxylic acids is 1. The van der Waals surface area contributed by atoms with Crippen LogP contribution in [-0.2, 0) is 6.54 Å². The third-order valence-electron chi connectivity index (χ3n) is 2.87. The maximum absolute atomic E-state index is 12.3. The number of anilines is 1. The van der Waals surface area contributed by atoms with Crippen LogP contribution in [0.15, 0.2) is 47.1 Å². The molecule has 4 nitrogen and oxygen atoms in total.